The number of halogens is 1. The van der Waals surface area contributed by atoms with Gasteiger partial charge in [0.2, 0.25) is 5.91 Å². The summed E-state index contributed by atoms with van der Waals surface area (Å²) in [5.41, 5.74) is 0.229. The van der Waals surface area contributed by atoms with Crippen LogP contribution in [0.15, 0.2) is 24.3 Å². The van der Waals surface area contributed by atoms with Crippen LogP contribution in [0.2, 0.25) is 5.02 Å². The van der Waals surface area contributed by atoms with Crippen molar-refractivity contribution in [3.8, 4) is 0 Å². The zero-order valence-corrected chi connectivity index (χ0v) is 12.6. The van der Waals surface area contributed by atoms with Gasteiger partial charge in [-0.2, -0.15) is 0 Å². The first kappa shape index (κ1) is 14.8. The molecule has 0 bridgehead atoms. The molecular formula is C16H20ClNO3. The fourth-order valence-corrected chi connectivity index (χ4v) is 3.19. The molecule has 3 rings (SSSR count). The van der Waals surface area contributed by atoms with Crippen LogP contribution in [-0.2, 0) is 9.53 Å². The Hall–Kier alpha value is -1.10. The third-order valence-electron chi connectivity index (χ3n) is 4.45. The minimum absolute atomic E-state index is 0.0137. The van der Waals surface area contributed by atoms with E-state index in [0.717, 1.165) is 17.0 Å². The SMILES string of the molecule is O=C(NCC1(O)CCOCC1)[C@@H]1C[C@@H]1c1ccccc1Cl. The first-order valence-corrected chi connectivity index (χ1v) is 7.79. The number of nitrogens with one attached hydrogen (secondary N) is 1. The Morgan fingerprint density at radius 2 is 2.10 bits per heavy atom. The van der Waals surface area contributed by atoms with Gasteiger partial charge in [-0.15, -0.1) is 0 Å². The van der Waals surface area contributed by atoms with Gasteiger partial charge in [-0.3, -0.25) is 4.79 Å². The van der Waals surface area contributed by atoms with Crippen molar-refractivity contribution in [1.82, 2.24) is 5.32 Å². The van der Waals surface area contributed by atoms with E-state index in [0.29, 0.717) is 32.6 Å². The quantitative estimate of drug-likeness (QED) is 0.895. The van der Waals surface area contributed by atoms with E-state index in [2.05, 4.69) is 5.32 Å². The molecule has 1 aliphatic heterocycles. The molecule has 0 spiro atoms. The minimum Gasteiger partial charge on any atom is -0.388 e. The Morgan fingerprint density at radius 3 is 2.81 bits per heavy atom. The second-order valence-corrected chi connectivity index (χ2v) is 6.43. The predicted octanol–water partition coefficient (Wildman–Crippen LogP) is 2.10. The molecule has 1 aromatic rings. The highest BCUT2D eigenvalue weighted by molar-refractivity contribution is 6.31. The Kier molecular flexibility index (Phi) is 4.20. The second kappa shape index (κ2) is 5.95. The summed E-state index contributed by atoms with van der Waals surface area (Å²) in [5.74, 6) is 0.205. The summed E-state index contributed by atoms with van der Waals surface area (Å²) >= 11 is 6.16. The monoisotopic (exact) mass is 309 g/mol. The van der Waals surface area contributed by atoms with Crippen molar-refractivity contribution in [1.29, 1.82) is 0 Å². The average Bonchev–Trinajstić information content (AvgIpc) is 3.27. The topological polar surface area (TPSA) is 58.6 Å². The predicted molar refractivity (Wildman–Crippen MR) is 80.3 cm³/mol. The lowest BCUT2D eigenvalue weighted by Crippen LogP contribution is -2.47. The summed E-state index contributed by atoms with van der Waals surface area (Å²) in [7, 11) is 0. The number of aliphatic hydroxyl groups is 1. The van der Waals surface area contributed by atoms with E-state index >= 15 is 0 Å². The molecule has 1 saturated heterocycles. The summed E-state index contributed by atoms with van der Waals surface area (Å²) < 4.78 is 5.23. The van der Waals surface area contributed by atoms with Gasteiger partial charge in [0.15, 0.2) is 0 Å². The first-order chi connectivity index (χ1) is 10.1. The van der Waals surface area contributed by atoms with E-state index < -0.39 is 5.60 Å². The van der Waals surface area contributed by atoms with Crippen molar-refractivity contribution in [2.75, 3.05) is 19.8 Å². The van der Waals surface area contributed by atoms with E-state index in [1.54, 1.807) is 0 Å². The molecule has 1 aliphatic carbocycles. The molecular weight excluding hydrogens is 290 g/mol. The van der Waals surface area contributed by atoms with Crippen molar-refractivity contribution in [2.45, 2.75) is 30.8 Å². The van der Waals surface area contributed by atoms with Crippen LogP contribution in [0.1, 0.15) is 30.7 Å². The summed E-state index contributed by atoms with van der Waals surface area (Å²) in [4.78, 5) is 12.2. The molecule has 2 aliphatic rings. The van der Waals surface area contributed by atoms with Gasteiger partial charge in [0.25, 0.3) is 0 Å². The van der Waals surface area contributed by atoms with Gasteiger partial charge in [-0.1, -0.05) is 29.8 Å². The zero-order chi connectivity index (χ0) is 14.9. The van der Waals surface area contributed by atoms with Crippen LogP contribution < -0.4 is 5.32 Å². The third kappa shape index (κ3) is 3.39. The summed E-state index contributed by atoms with van der Waals surface area (Å²) in [6.07, 6.45) is 1.98. The molecule has 0 aromatic heterocycles. The molecule has 1 amide bonds. The Morgan fingerprint density at radius 1 is 1.38 bits per heavy atom. The maximum atomic E-state index is 12.2. The molecule has 4 nitrogen and oxygen atoms in total. The molecule has 2 atom stereocenters. The first-order valence-electron chi connectivity index (χ1n) is 7.41. The lowest BCUT2D eigenvalue weighted by atomic mass is 9.94. The number of carbonyl (C=O) groups is 1. The number of carbonyl (C=O) groups excluding carboxylic acids is 1. The number of hydrogen-bond donors (Lipinski definition) is 2. The largest absolute Gasteiger partial charge is 0.388 e. The maximum absolute atomic E-state index is 12.2. The van der Waals surface area contributed by atoms with Crippen LogP contribution in [0, 0.1) is 5.92 Å². The van der Waals surface area contributed by atoms with Crippen LogP contribution in [0.3, 0.4) is 0 Å². The van der Waals surface area contributed by atoms with Crippen molar-refractivity contribution in [2.24, 2.45) is 5.92 Å². The van der Waals surface area contributed by atoms with E-state index in [1.807, 2.05) is 24.3 Å². The normalized spacial score (nSPS) is 27.1. The molecule has 2 fully saturated rings. The highest BCUT2D eigenvalue weighted by atomic mass is 35.5. The third-order valence-corrected chi connectivity index (χ3v) is 4.79. The van der Waals surface area contributed by atoms with Crippen molar-refractivity contribution < 1.29 is 14.6 Å². The van der Waals surface area contributed by atoms with Crippen LogP contribution in [0.25, 0.3) is 0 Å². The standard InChI is InChI=1S/C16H20ClNO3/c17-14-4-2-1-3-11(14)12-9-13(12)15(19)18-10-16(20)5-7-21-8-6-16/h1-4,12-13,20H,5-10H2,(H,18,19)/t12-,13-/m1/s1. The highest BCUT2D eigenvalue weighted by Gasteiger charge is 2.45. The van der Waals surface area contributed by atoms with E-state index in [9.17, 15) is 9.90 Å². The molecule has 0 radical (unpaired) electrons. The number of benzene rings is 1. The minimum atomic E-state index is -0.817. The molecule has 114 valence electrons. The molecule has 1 aromatic carbocycles. The van der Waals surface area contributed by atoms with Gasteiger partial charge in [0, 0.05) is 43.5 Å². The molecule has 2 N–H and O–H groups in total. The maximum Gasteiger partial charge on any atom is 0.223 e. The highest BCUT2D eigenvalue weighted by Crippen LogP contribution is 2.49. The Labute approximate surface area is 129 Å². The molecule has 0 unspecified atom stereocenters. The number of amides is 1. The lowest BCUT2D eigenvalue weighted by molar-refractivity contribution is -0.125. The van der Waals surface area contributed by atoms with E-state index in [4.69, 9.17) is 16.3 Å². The number of rotatable bonds is 4. The fourth-order valence-electron chi connectivity index (χ4n) is 2.92. The fraction of sp³-hybridized carbons (Fsp3) is 0.562. The number of hydrogen-bond acceptors (Lipinski definition) is 3. The molecule has 21 heavy (non-hydrogen) atoms. The molecule has 1 heterocycles. The van der Waals surface area contributed by atoms with Gasteiger partial charge >= 0.3 is 0 Å². The van der Waals surface area contributed by atoms with Crippen LogP contribution in [-0.4, -0.2) is 36.4 Å². The Bertz CT molecular complexity index is 528. The van der Waals surface area contributed by atoms with Crippen molar-refractivity contribution >= 4 is 17.5 Å². The van der Waals surface area contributed by atoms with E-state index in [-0.39, 0.29) is 17.7 Å². The van der Waals surface area contributed by atoms with Gasteiger partial charge < -0.3 is 15.2 Å². The molecule has 1 saturated carbocycles. The summed E-state index contributed by atoms with van der Waals surface area (Å²) in [5, 5.41) is 13.9. The summed E-state index contributed by atoms with van der Waals surface area (Å²) in [6, 6.07) is 7.67. The van der Waals surface area contributed by atoms with E-state index in [1.165, 1.54) is 0 Å². The van der Waals surface area contributed by atoms with Crippen LogP contribution >= 0.6 is 11.6 Å². The van der Waals surface area contributed by atoms with Crippen LogP contribution in [0.5, 0.6) is 0 Å². The second-order valence-electron chi connectivity index (χ2n) is 6.02. The van der Waals surface area contributed by atoms with Gasteiger partial charge in [-0.25, -0.2) is 0 Å². The Balaban J connectivity index is 1.53. The average molecular weight is 310 g/mol. The smallest absolute Gasteiger partial charge is 0.223 e. The van der Waals surface area contributed by atoms with Crippen molar-refractivity contribution in [3.05, 3.63) is 34.9 Å². The van der Waals surface area contributed by atoms with Gasteiger partial charge in [0.05, 0.1) is 5.60 Å². The van der Waals surface area contributed by atoms with Crippen molar-refractivity contribution in [3.63, 3.8) is 0 Å². The van der Waals surface area contributed by atoms with Crippen LogP contribution in [0.4, 0.5) is 0 Å². The van der Waals surface area contributed by atoms with Gasteiger partial charge in [-0.05, 0) is 24.0 Å². The van der Waals surface area contributed by atoms with Gasteiger partial charge in [0.1, 0.15) is 0 Å². The lowest BCUT2D eigenvalue weighted by Gasteiger charge is -2.32. The number of ether oxygens (including phenoxy) is 1. The molecule has 5 heteroatoms. The zero-order valence-electron chi connectivity index (χ0n) is 11.8. The summed E-state index contributed by atoms with van der Waals surface area (Å²) in [6.45, 7) is 1.41.